The molecule has 0 spiro atoms. The summed E-state index contributed by atoms with van der Waals surface area (Å²) >= 11 is 0. The monoisotopic (exact) mass is 225 g/mol. The van der Waals surface area contributed by atoms with Crippen LogP contribution in [0.5, 0.6) is 0 Å². The quantitative estimate of drug-likeness (QED) is 0.780. The minimum Gasteiger partial charge on any atom is -0.316 e. The summed E-state index contributed by atoms with van der Waals surface area (Å²) in [5.41, 5.74) is 0.123. The number of carbonyl (C=O) groups is 1. The first-order valence-corrected chi connectivity index (χ1v) is 5.29. The molecule has 0 saturated carbocycles. The number of rotatable bonds is 2. The molecule has 4 heteroatoms. The molecule has 0 aliphatic carbocycles. The summed E-state index contributed by atoms with van der Waals surface area (Å²) in [6.07, 6.45) is 0. The molecule has 1 aromatic carbocycles. The van der Waals surface area contributed by atoms with E-state index in [9.17, 15) is 13.6 Å². The topological polar surface area (TPSA) is 29.1 Å². The number of Topliss-reactive ketones (excluding diaryl/α,β-unsaturated/α-hetero) is 1. The number of carbonyl (C=O) groups excluding carboxylic acids is 1. The first kappa shape index (κ1) is 11.2. The molecule has 2 rings (SSSR count). The highest BCUT2D eigenvalue weighted by Crippen LogP contribution is 2.21. The summed E-state index contributed by atoms with van der Waals surface area (Å²) in [6.45, 7) is 3.31. The lowest BCUT2D eigenvalue weighted by Gasteiger charge is -2.12. The van der Waals surface area contributed by atoms with Crippen molar-refractivity contribution < 1.29 is 13.6 Å². The van der Waals surface area contributed by atoms with E-state index in [1.54, 1.807) is 0 Å². The number of hydrogen-bond donors (Lipinski definition) is 1. The van der Waals surface area contributed by atoms with Crippen LogP contribution in [0.1, 0.15) is 17.3 Å². The third kappa shape index (κ3) is 2.11. The molecular formula is C12H13F2NO. The Hall–Kier alpha value is -1.29. The first-order chi connectivity index (χ1) is 7.58. The summed E-state index contributed by atoms with van der Waals surface area (Å²) in [5, 5.41) is 3.09. The lowest BCUT2D eigenvalue weighted by Crippen LogP contribution is -2.21. The van der Waals surface area contributed by atoms with Gasteiger partial charge in [-0.1, -0.05) is 6.92 Å². The van der Waals surface area contributed by atoms with E-state index in [4.69, 9.17) is 0 Å². The van der Waals surface area contributed by atoms with Crippen LogP contribution in [-0.4, -0.2) is 18.9 Å². The molecule has 2 unspecified atom stereocenters. The second-order valence-electron chi connectivity index (χ2n) is 4.26. The van der Waals surface area contributed by atoms with Gasteiger partial charge in [0.25, 0.3) is 0 Å². The Balaban J connectivity index is 2.26. The largest absolute Gasteiger partial charge is 0.316 e. The second kappa shape index (κ2) is 4.29. The molecule has 1 aliphatic rings. The summed E-state index contributed by atoms with van der Waals surface area (Å²) in [6, 6.07) is 2.96. The fourth-order valence-electron chi connectivity index (χ4n) is 2.07. The maximum atomic E-state index is 13.0. The Morgan fingerprint density at radius 3 is 2.38 bits per heavy atom. The van der Waals surface area contributed by atoms with Crippen molar-refractivity contribution in [3.63, 3.8) is 0 Å². The van der Waals surface area contributed by atoms with Crippen LogP contribution in [0.25, 0.3) is 0 Å². The standard InChI is InChI=1S/C12H13F2NO/c1-7-5-15-6-11(7)12(16)8-2-9(13)4-10(14)3-8/h2-4,7,11,15H,5-6H2,1H3. The van der Waals surface area contributed by atoms with Crippen LogP contribution in [0.15, 0.2) is 18.2 Å². The molecule has 1 fully saturated rings. The van der Waals surface area contributed by atoms with E-state index in [0.29, 0.717) is 6.54 Å². The predicted molar refractivity (Wildman–Crippen MR) is 56.2 cm³/mol. The Morgan fingerprint density at radius 2 is 1.88 bits per heavy atom. The van der Waals surface area contributed by atoms with Gasteiger partial charge >= 0.3 is 0 Å². The minimum atomic E-state index is -0.707. The second-order valence-corrected chi connectivity index (χ2v) is 4.26. The highest BCUT2D eigenvalue weighted by atomic mass is 19.1. The summed E-state index contributed by atoms with van der Waals surface area (Å²) < 4.78 is 25.9. The van der Waals surface area contributed by atoms with E-state index in [1.807, 2.05) is 6.92 Å². The third-order valence-corrected chi connectivity index (χ3v) is 3.00. The van der Waals surface area contributed by atoms with E-state index in [2.05, 4.69) is 5.32 Å². The average Bonchev–Trinajstić information content (AvgIpc) is 2.62. The lowest BCUT2D eigenvalue weighted by molar-refractivity contribution is 0.0906. The number of ketones is 1. The maximum absolute atomic E-state index is 13.0. The zero-order chi connectivity index (χ0) is 11.7. The number of halogens is 2. The average molecular weight is 225 g/mol. The van der Waals surface area contributed by atoms with Gasteiger partial charge in [0.05, 0.1) is 0 Å². The fraction of sp³-hybridized carbons (Fsp3) is 0.417. The minimum absolute atomic E-state index is 0.123. The Morgan fingerprint density at radius 1 is 1.25 bits per heavy atom. The first-order valence-electron chi connectivity index (χ1n) is 5.29. The Labute approximate surface area is 92.7 Å². The van der Waals surface area contributed by atoms with E-state index in [1.165, 1.54) is 0 Å². The molecule has 86 valence electrons. The van der Waals surface area contributed by atoms with E-state index in [0.717, 1.165) is 24.7 Å². The van der Waals surface area contributed by atoms with Gasteiger partial charge < -0.3 is 5.32 Å². The van der Waals surface area contributed by atoms with Crippen molar-refractivity contribution >= 4 is 5.78 Å². The van der Waals surface area contributed by atoms with E-state index >= 15 is 0 Å². The number of nitrogens with one attached hydrogen (secondary N) is 1. The van der Waals surface area contributed by atoms with E-state index < -0.39 is 11.6 Å². The summed E-state index contributed by atoms with van der Waals surface area (Å²) in [4.78, 5) is 12.0. The normalized spacial score (nSPS) is 24.7. The molecule has 2 nitrogen and oxygen atoms in total. The predicted octanol–water partition coefficient (Wildman–Crippen LogP) is 2.00. The van der Waals surface area contributed by atoms with Crippen LogP contribution >= 0.6 is 0 Å². The molecule has 1 saturated heterocycles. The van der Waals surface area contributed by atoms with Gasteiger partial charge in [-0.25, -0.2) is 8.78 Å². The van der Waals surface area contributed by atoms with Gasteiger partial charge in [-0.3, -0.25) is 4.79 Å². The van der Waals surface area contributed by atoms with Crippen molar-refractivity contribution in [1.29, 1.82) is 0 Å². The van der Waals surface area contributed by atoms with Gasteiger partial charge in [-0.2, -0.15) is 0 Å². The fourth-order valence-corrected chi connectivity index (χ4v) is 2.07. The molecule has 1 N–H and O–H groups in total. The molecule has 0 radical (unpaired) electrons. The zero-order valence-electron chi connectivity index (χ0n) is 8.97. The molecule has 2 atom stereocenters. The van der Waals surface area contributed by atoms with Crippen molar-refractivity contribution in [3.8, 4) is 0 Å². The SMILES string of the molecule is CC1CNCC1C(=O)c1cc(F)cc(F)c1. The molecule has 1 heterocycles. The van der Waals surface area contributed by atoms with Crippen molar-refractivity contribution in [2.24, 2.45) is 11.8 Å². The van der Waals surface area contributed by atoms with Gasteiger partial charge in [-0.15, -0.1) is 0 Å². The Bertz CT molecular complexity index is 399. The van der Waals surface area contributed by atoms with E-state index in [-0.39, 0.29) is 23.2 Å². The van der Waals surface area contributed by atoms with Crippen LogP contribution < -0.4 is 5.32 Å². The smallest absolute Gasteiger partial charge is 0.167 e. The van der Waals surface area contributed by atoms with Gasteiger partial charge in [0.15, 0.2) is 5.78 Å². The molecule has 1 aromatic rings. The molecule has 0 aromatic heterocycles. The third-order valence-electron chi connectivity index (χ3n) is 3.00. The van der Waals surface area contributed by atoms with Crippen molar-refractivity contribution in [2.75, 3.05) is 13.1 Å². The van der Waals surface area contributed by atoms with Crippen molar-refractivity contribution in [2.45, 2.75) is 6.92 Å². The molecule has 1 aliphatic heterocycles. The number of benzene rings is 1. The van der Waals surface area contributed by atoms with Crippen LogP contribution in [0.3, 0.4) is 0 Å². The summed E-state index contributed by atoms with van der Waals surface area (Å²) in [5.74, 6) is -1.57. The highest BCUT2D eigenvalue weighted by Gasteiger charge is 2.30. The van der Waals surface area contributed by atoms with Gasteiger partial charge in [0, 0.05) is 24.1 Å². The molecular weight excluding hydrogens is 212 g/mol. The van der Waals surface area contributed by atoms with Crippen LogP contribution in [0, 0.1) is 23.5 Å². The summed E-state index contributed by atoms with van der Waals surface area (Å²) in [7, 11) is 0. The Kier molecular flexibility index (Phi) is 3.01. The van der Waals surface area contributed by atoms with Gasteiger partial charge in [-0.05, 0) is 24.6 Å². The molecule has 0 amide bonds. The van der Waals surface area contributed by atoms with Gasteiger partial charge in [0.2, 0.25) is 0 Å². The maximum Gasteiger partial charge on any atom is 0.167 e. The van der Waals surface area contributed by atoms with Gasteiger partial charge in [0.1, 0.15) is 11.6 Å². The van der Waals surface area contributed by atoms with Crippen LogP contribution in [0.4, 0.5) is 8.78 Å². The van der Waals surface area contributed by atoms with Crippen LogP contribution in [-0.2, 0) is 0 Å². The van der Waals surface area contributed by atoms with Crippen molar-refractivity contribution in [1.82, 2.24) is 5.32 Å². The highest BCUT2D eigenvalue weighted by molar-refractivity contribution is 5.98. The zero-order valence-corrected chi connectivity index (χ0v) is 8.97. The lowest BCUT2D eigenvalue weighted by atomic mass is 9.90. The van der Waals surface area contributed by atoms with Crippen molar-refractivity contribution in [3.05, 3.63) is 35.4 Å². The number of hydrogen-bond acceptors (Lipinski definition) is 2. The molecule has 0 bridgehead atoms. The van der Waals surface area contributed by atoms with Crippen LogP contribution in [0.2, 0.25) is 0 Å². The molecule has 16 heavy (non-hydrogen) atoms.